The van der Waals surface area contributed by atoms with Crippen molar-refractivity contribution in [2.24, 2.45) is 0 Å². The minimum Gasteiger partial charge on any atom is -0.147 e. The van der Waals surface area contributed by atoms with Crippen LogP contribution in [0.25, 0.3) is 0 Å². The summed E-state index contributed by atoms with van der Waals surface area (Å²) in [6.07, 6.45) is -0.359. The van der Waals surface area contributed by atoms with Gasteiger partial charge in [-0.1, -0.05) is 60.2 Å². The molecule has 0 N–H and O–H groups in total. The zero-order valence-electron chi connectivity index (χ0n) is 16.6. The molecule has 1 radical (unpaired) electrons. The van der Waals surface area contributed by atoms with E-state index in [1.165, 1.54) is 32.6 Å². The van der Waals surface area contributed by atoms with E-state index in [4.69, 9.17) is 46.4 Å². The predicted octanol–water partition coefficient (Wildman–Crippen LogP) is 6.58. The molecule has 151 valence electrons. The standard InChI is InChI=1S/C23H23BCl4P/c1-16-4-10-19(11-5-16)29(24(22(25)26)23(27)28,20-12-6-17(2)7-13-20)21-14-8-18(3)9-15-21/h4-15,22-23H,1-3H3. The van der Waals surface area contributed by atoms with Crippen LogP contribution in [-0.2, 0) is 0 Å². The van der Waals surface area contributed by atoms with E-state index in [1.807, 2.05) is 0 Å². The largest absolute Gasteiger partial charge is 0.163 e. The van der Waals surface area contributed by atoms with Crippen LogP contribution in [0.3, 0.4) is 0 Å². The van der Waals surface area contributed by atoms with Crippen molar-refractivity contribution in [1.82, 2.24) is 0 Å². The fraction of sp³-hybridized carbons (Fsp3) is 0.217. The van der Waals surface area contributed by atoms with E-state index in [1.54, 1.807) is 0 Å². The van der Waals surface area contributed by atoms with Crippen LogP contribution in [0.5, 0.6) is 0 Å². The number of benzene rings is 3. The maximum atomic E-state index is 6.59. The molecule has 0 amide bonds. The predicted molar refractivity (Wildman–Crippen MR) is 136 cm³/mol. The van der Waals surface area contributed by atoms with Crippen LogP contribution in [-0.4, -0.2) is 15.9 Å². The number of halogens is 4. The van der Waals surface area contributed by atoms with Gasteiger partial charge in [0.1, 0.15) is 0 Å². The van der Waals surface area contributed by atoms with Crippen LogP contribution in [0.15, 0.2) is 72.8 Å². The Hall–Kier alpha value is -0.685. The minimum atomic E-state index is -2.36. The van der Waals surface area contributed by atoms with Crippen LogP contribution in [0.1, 0.15) is 16.7 Å². The Morgan fingerprint density at radius 1 is 0.517 bits per heavy atom. The lowest BCUT2D eigenvalue weighted by Crippen LogP contribution is -2.48. The van der Waals surface area contributed by atoms with Crippen LogP contribution in [0.4, 0.5) is 0 Å². The highest BCUT2D eigenvalue weighted by molar-refractivity contribution is 8.20. The van der Waals surface area contributed by atoms with Gasteiger partial charge in [0.05, 0.1) is 15.9 Å². The third-order valence-corrected chi connectivity index (χ3v) is 11.9. The van der Waals surface area contributed by atoms with E-state index in [2.05, 4.69) is 93.6 Å². The van der Waals surface area contributed by atoms with E-state index < -0.39 is 16.6 Å². The zero-order valence-corrected chi connectivity index (χ0v) is 20.5. The number of hydrogen-bond acceptors (Lipinski definition) is 0. The molecule has 0 aliphatic rings. The van der Waals surface area contributed by atoms with Gasteiger partial charge in [0.25, 0.3) is 0 Å². The number of alkyl halides is 4. The Kier molecular flexibility index (Phi) is 7.64. The Bertz CT molecular complexity index is 819. The third kappa shape index (κ3) is 4.66. The molecule has 0 nitrogen and oxygen atoms in total. The highest BCUT2D eigenvalue weighted by Gasteiger charge is 2.49. The molecule has 3 aromatic rings. The first-order chi connectivity index (χ1) is 13.8. The van der Waals surface area contributed by atoms with Gasteiger partial charge in [-0.3, -0.25) is 0 Å². The van der Waals surface area contributed by atoms with Gasteiger partial charge in [-0.25, -0.2) is 0 Å². The number of aryl methyl sites for hydroxylation is 3. The van der Waals surface area contributed by atoms with Crippen LogP contribution >= 0.6 is 53.5 Å². The maximum absolute atomic E-state index is 6.59. The van der Waals surface area contributed by atoms with Gasteiger partial charge in [-0.15, -0.1) is 46.4 Å². The summed E-state index contributed by atoms with van der Waals surface area (Å²) in [6, 6.07) is 25.8. The first-order valence-electron chi connectivity index (χ1n) is 9.43. The summed E-state index contributed by atoms with van der Waals surface area (Å²) in [4.78, 5) is 0. The zero-order chi connectivity index (χ0) is 21.2. The topological polar surface area (TPSA) is 0 Å². The van der Waals surface area contributed by atoms with Crippen molar-refractivity contribution < 1.29 is 0 Å². The average molecular weight is 483 g/mol. The Balaban J connectivity index is 2.44. The average Bonchev–Trinajstić information content (AvgIpc) is 2.67. The van der Waals surface area contributed by atoms with Crippen molar-refractivity contribution in [3.8, 4) is 0 Å². The fourth-order valence-corrected chi connectivity index (χ4v) is 11.1. The molecule has 0 saturated heterocycles. The molecule has 0 fully saturated rings. The molecular weight excluding hydrogens is 460 g/mol. The lowest BCUT2D eigenvalue weighted by Gasteiger charge is -2.44. The molecule has 0 heterocycles. The second kappa shape index (κ2) is 9.63. The summed E-state index contributed by atoms with van der Waals surface area (Å²) < 4.78 is -1.46. The summed E-state index contributed by atoms with van der Waals surface area (Å²) in [7, 11) is -2.36. The van der Waals surface area contributed by atoms with Gasteiger partial charge in [-0.05, 0) is 57.2 Å². The second-order valence-corrected chi connectivity index (χ2v) is 13.3. The van der Waals surface area contributed by atoms with Crippen LogP contribution in [0, 0.1) is 20.8 Å². The molecule has 0 bridgehead atoms. The number of rotatable bonds is 6. The smallest absolute Gasteiger partial charge is 0.147 e. The summed E-state index contributed by atoms with van der Waals surface area (Å²) in [5.74, 6) is 0. The molecule has 3 aromatic carbocycles. The fourth-order valence-electron chi connectivity index (χ4n) is 3.75. The van der Waals surface area contributed by atoms with Gasteiger partial charge >= 0.3 is 0 Å². The van der Waals surface area contributed by atoms with Crippen LogP contribution in [0.2, 0.25) is 0 Å². The molecule has 0 spiro atoms. The Morgan fingerprint density at radius 2 is 0.759 bits per heavy atom. The normalized spacial score (nSPS) is 12.2. The lowest BCUT2D eigenvalue weighted by atomic mass is 9.82. The molecule has 29 heavy (non-hydrogen) atoms. The molecule has 0 aromatic heterocycles. The third-order valence-electron chi connectivity index (χ3n) is 5.29. The Morgan fingerprint density at radius 3 is 0.966 bits per heavy atom. The molecule has 0 unspecified atom stereocenters. The molecule has 6 heteroatoms. The highest BCUT2D eigenvalue weighted by atomic mass is 35.5. The van der Waals surface area contributed by atoms with Gasteiger partial charge in [0, 0.05) is 9.47 Å². The Labute approximate surface area is 194 Å². The summed E-state index contributed by atoms with van der Waals surface area (Å²) in [5, 5.41) is 3.50. The number of hydrogen-bond donors (Lipinski definition) is 0. The van der Waals surface area contributed by atoms with Gasteiger partial charge in [0.2, 0.25) is 0 Å². The molecule has 3 rings (SSSR count). The van der Waals surface area contributed by atoms with Gasteiger partial charge < -0.3 is 0 Å². The molecule has 0 aliphatic heterocycles. The van der Waals surface area contributed by atoms with E-state index >= 15 is 0 Å². The lowest BCUT2D eigenvalue weighted by molar-refractivity contribution is 1.48. The highest BCUT2D eigenvalue weighted by Crippen LogP contribution is 2.61. The van der Waals surface area contributed by atoms with Crippen molar-refractivity contribution in [2.75, 3.05) is 0 Å². The van der Waals surface area contributed by atoms with E-state index in [0.29, 0.717) is 0 Å². The van der Waals surface area contributed by atoms with Gasteiger partial charge in [-0.2, -0.15) is 0 Å². The quantitative estimate of drug-likeness (QED) is 0.211. The molecule has 0 atom stereocenters. The van der Waals surface area contributed by atoms with Crippen molar-refractivity contribution in [3.05, 3.63) is 89.5 Å². The van der Waals surface area contributed by atoms with Crippen LogP contribution < -0.4 is 15.9 Å². The van der Waals surface area contributed by atoms with Crippen molar-refractivity contribution in [1.29, 1.82) is 0 Å². The first-order valence-corrected chi connectivity index (χ1v) is 13.0. The van der Waals surface area contributed by atoms with Crippen molar-refractivity contribution >= 4 is 75.9 Å². The maximum Gasteiger partial charge on any atom is 0.163 e. The summed E-state index contributed by atoms with van der Waals surface area (Å²) in [6.45, 7) is 6.24. The molecule has 0 aliphatic carbocycles. The summed E-state index contributed by atoms with van der Waals surface area (Å²) in [5.41, 5.74) is 3.58. The van der Waals surface area contributed by atoms with Crippen molar-refractivity contribution in [2.45, 2.75) is 30.2 Å². The van der Waals surface area contributed by atoms with E-state index in [9.17, 15) is 0 Å². The molecule has 0 saturated carbocycles. The molecular formula is C23H23BCl4P. The monoisotopic (exact) mass is 481 g/mol. The second-order valence-electron chi connectivity index (χ2n) is 7.39. The SMILES string of the molecule is Cc1ccc([P+]([B-](C(Cl)Cl)C(Cl)Cl)(c2ccc(C)cc2)c2ccc(C)cc2)cc1. The first kappa shape index (κ1) is 23.0. The van der Waals surface area contributed by atoms with Crippen molar-refractivity contribution in [3.63, 3.8) is 0 Å². The minimum absolute atomic E-state index is 0.359. The van der Waals surface area contributed by atoms with E-state index in [0.717, 1.165) is 0 Å². The summed E-state index contributed by atoms with van der Waals surface area (Å²) >= 11 is 26.4. The van der Waals surface area contributed by atoms with E-state index in [-0.39, 0.29) is 6.43 Å². The van der Waals surface area contributed by atoms with Gasteiger partial charge in [0.15, 0.2) is 6.43 Å².